The highest BCUT2D eigenvalue weighted by Crippen LogP contribution is 2.35. The van der Waals surface area contributed by atoms with E-state index >= 15 is 0 Å². The largest absolute Gasteiger partial charge is 0.443 e. The Bertz CT molecular complexity index is 784. The second-order valence-corrected chi connectivity index (χ2v) is 5.41. The lowest BCUT2D eigenvalue weighted by Crippen LogP contribution is -2.10. The molecule has 0 aliphatic heterocycles. The molecule has 2 N–H and O–H groups in total. The number of benzene rings is 1. The number of hydrogen-bond donors (Lipinski definition) is 1. The standard InChI is InChI=1S/C13H9F3N4S/c14-13(15,16)12-20-6-10(21-12)11(17)7-1-2-8-9(5-7)19-4-3-18-8/h1-6,11H,17H2. The van der Waals surface area contributed by atoms with Crippen LogP contribution in [-0.4, -0.2) is 15.0 Å². The Hall–Kier alpha value is -2.06. The fraction of sp³-hybridized carbons (Fsp3) is 0.154. The first-order valence-electron chi connectivity index (χ1n) is 5.94. The van der Waals surface area contributed by atoms with Gasteiger partial charge in [-0.2, -0.15) is 13.2 Å². The molecule has 3 rings (SSSR count). The van der Waals surface area contributed by atoms with Crippen LogP contribution in [0.5, 0.6) is 0 Å². The normalized spacial score (nSPS) is 13.5. The van der Waals surface area contributed by atoms with Crippen molar-refractivity contribution in [2.75, 3.05) is 0 Å². The predicted molar refractivity (Wildman–Crippen MR) is 72.7 cm³/mol. The molecule has 1 aromatic carbocycles. The van der Waals surface area contributed by atoms with Crippen molar-refractivity contribution in [3.8, 4) is 0 Å². The third-order valence-electron chi connectivity index (χ3n) is 2.93. The van der Waals surface area contributed by atoms with Crippen molar-refractivity contribution in [2.24, 2.45) is 5.73 Å². The van der Waals surface area contributed by atoms with Crippen LogP contribution in [0.15, 0.2) is 36.8 Å². The molecular weight excluding hydrogens is 301 g/mol. The number of nitrogens with two attached hydrogens (primary N) is 1. The molecular formula is C13H9F3N4S. The van der Waals surface area contributed by atoms with Crippen molar-refractivity contribution in [1.29, 1.82) is 0 Å². The highest BCUT2D eigenvalue weighted by Gasteiger charge is 2.35. The van der Waals surface area contributed by atoms with Crippen LogP contribution in [0.1, 0.15) is 21.5 Å². The summed E-state index contributed by atoms with van der Waals surface area (Å²) in [6.07, 6.45) is -0.163. The molecule has 1 atom stereocenters. The quantitative estimate of drug-likeness (QED) is 0.789. The lowest BCUT2D eigenvalue weighted by atomic mass is 10.1. The Balaban J connectivity index is 1.96. The van der Waals surface area contributed by atoms with Crippen molar-refractivity contribution >= 4 is 22.4 Å². The monoisotopic (exact) mass is 310 g/mol. The van der Waals surface area contributed by atoms with Gasteiger partial charge in [-0.3, -0.25) is 9.97 Å². The lowest BCUT2D eigenvalue weighted by Gasteiger charge is -2.10. The van der Waals surface area contributed by atoms with Crippen LogP contribution < -0.4 is 5.73 Å². The average molecular weight is 310 g/mol. The Morgan fingerprint density at radius 2 is 1.76 bits per heavy atom. The third-order valence-corrected chi connectivity index (χ3v) is 4.05. The first kappa shape index (κ1) is 13.9. The number of rotatable bonds is 2. The fourth-order valence-corrected chi connectivity index (χ4v) is 2.71. The maximum Gasteiger partial charge on any atom is 0.443 e. The molecule has 108 valence electrons. The van der Waals surface area contributed by atoms with Crippen LogP contribution in [-0.2, 0) is 6.18 Å². The van der Waals surface area contributed by atoms with Gasteiger partial charge in [0.2, 0.25) is 0 Å². The molecule has 8 heteroatoms. The van der Waals surface area contributed by atoms with Crippen LogP contribution >= 0.6 is 11.3 Å². The van der Waals surface area contributed by atoms with Gasteiger partial charge in [0.15, 0.2) is 5.01 Å². The zero-order valence-electron chi connectivity index (χ0n) is 10.5. The topological polar surface area (TPSA) is 64.7 Å². The number of aromatic nitrogens is 3. The molecule has 0 amide bonds. The summed E-state index contributed by atoms with van der Waals surface area (Å²) in [4.78, 5) is 12.0. The van der Waals surface area contributed by atoms with Gasteiger partial charge in [0.05, 0.1) is 17.1 Å². The summed E-state index contributed by atoms with van der Waals surface area (Å²) in [5.74, 6) is 0. The lowest BCUT2D eigenvalue weighted by molar-refractivity contribution is -0.137. The van der Waals surface area contributed by atoms with Crippen molar-refractivity contribution in [3.05, 3.63) is 52.2 Å². The van der Waals surface area contributed by atoms with E-state index in [0.717, 1.165) is 0 Å². The van der Waals surface area contributed by atoms with Gasteiger partial charge >= 0.3 is 6.18 Å². The summed E-state index contributed by atoms with van der Waals surface area (Å²) in [5.41, 5.74) is 8.03. The van der Waals surface area contributed by atoms with Gasteiger partial charge in [-0.15, -0.1) is 11.3 Å². The minimum atomic E-state index is -4.45. The molecule has 2 heterocycles. The summed E-state index contributed by atoms with van der Waals surface area (Å²) >= 11 is 0.551. The average Bonchev–Trinajstić information content (AvgIpc) is 2.96. The van der Waals surface area contributed by atoms with Crippen molar-refractivity contribution in [2.45, 2.75) is 12.2 Å². The number of fused-ring (bicyclic) bond motifs is 1. The highest BCUT2D eigenvalue weighted by molar-refractivity contribution is 7.11. The molecule has 0 bridgehead atoms. The summed E-state index contributed by atoms with van der Waals surface area (Å²) in [7, 11) is 0. The van der Waals surface area contributed by atoms with E-state index in [-0.39, 0.29) is 0 Å². The molecule has 0 radical (unpaired) electrons. The van der Waals surface area contributed by atoms with E-state index < -0.39 is 17.2 Å². The Morgan fingerprint density at radius 1 is 1.05 bits per heavy atom. The van der Waals surface area contributed by atoms with Crippen molar-refractivity contribution in [1.82, 2.24) is 15.0 Å². The minimum absolute atomic E-state index is 0.352. The Labute approximate surface area is 121 Å². The molecule has 4 nitrogen and oxygen atoms in total. The molecule has 3 aromatic rings. The van der Waals surface area contributed by atoms with Crippen LogP contribution in [0.2, 0.25) is 0 Å². The number of nitrogens with zero attached hydrogens (tertiary/aromatic N) is 3. The molecule has 0 aliphatic carbocycles. The second kappa shape index (κ2) is 5.05. The van der Waals surface area contributed by atoms with E-state index in [9.17, 15) is 13.2 Å². The highest BCUT2D eigenvalue weighted by atomic mass is 32.1. The van der Waals surface area contributed by atoms with Gasteiger partial charge in [-0.1, -0.05) is 6.07 Å². The maximum atomic E-state index is 12.6. The predicted octanol–water partition coefficient (Wildman–Crippen LogP) is 3.15. The second-order valence-electron chi connectivity index (χ2n) is 4.35. The zero-order chi connectivity index (χ0) is 15.0. The van der Waals surface area contributed by atoms with Gasteiger partial charge in [0.25, 0.3) is 0 Å². The molecule has 0 saturated carbocycles. The van der Waals surface area contributed by atoms with Crippen LogP contribution in [0.3, 0.4) is 0 Å². The molecule has 2 aromatic heterocycles. The smallest absolute Gasteiger partial charge is 0.320 e. The van der Waals surface area contributed by atoms with Gasteiger partial charge in [-0.05, 0) is 17.7 Å². The molecule has 21 heavy (non-hydrogen) atoms. The number of hydrogen-bond acceptors (Lipinski definition) is 5. The summed E-state index contributed by atoms with van der Waals surface area (Å²) in [5, 5.41) is -0.895. The van der Waals surface area contributed by atoms with E-state index in [1.807, 2.05) is 0 Å². The molecule has 0 spiro atoms. The number of thiazole rings is 1. The first-order valence-corrected chi connectivity index (χ1v) is 6.76. The van der Waals surface area contributed by atoms with E-state index in [1.165, 1.54) is 6.20 Å². The first-order chi connectivity index (χ1) is 9.95. The van der Waals surface area contributed by atoms with Gasteiger partial charge < -0.3 is 5.73 Å². The van der Waals surface area contributed by atoms with Gasteiger partial charge in [-0.25, -0.2) is 4.98 Å². The van der Waals surface area contributed by atoms with E-state index in [1.54, 1.807) is 30.6 Å². The summed E-state index contributed by atoms with van der Waals surface area (Å²) in [6.45, 7) is 0. The van der Waals surface area contributed by atoms with E-state index in [4.69, 9.17) is 5.73 Å². The van der Waals surface area contributed by atoms with Crippen LogP contribution in [0.4, 0.5) is 13.2 Å². The Kier molecular flexibility index (Phi) is 3.34. The summed E-state index contributed by atoms with van der Waals surface area (Å²) in [6, 6.07) is 4.52. The molecule has 0 saturated heterocycles. The zero-order valence-corrected chi connectivity index (χ0v) is 11.3. The summed E-state index contributed by atoms with van der Waals surface area (Å²) < 4.78 is 37.7. The van der Waals surface area contributed by atoms with E-state index in [2.05, 4.69) is 15.0 Å². The maximum absolute atomic E-state index is 12.6. The van der Waals surface area contributed by atoms with Crippen LogP contribution in [0, 0.1) is 0 Å². The fourth-order valence-electron chi connectivity index (χ4n) is 1.90. The Morgan fingerprint density at radius 3 is 2.43 bits per heavy atom. The SMILES string of the molecule is NC(c1ccc2nccnc2c1)c1cnc(C(F)(F)F)s1. The van der Waals surface area contributed by atoms with Gasteiger partial charge in [0, 0.05) is 23.5 Å². The van der Waals surface area contributed by atoms with Crippen LogP contribution in [0.25, 0.3) is 11.0 Å². The van der Waals surface area contributed by atoms with E-state index in [0.29, 0.717) is 32.8 Å². The number of alkyl halides is 3. The molecule has 0 aliphatic rings. The van der Waals surface area contributed by atoms with Crippen molar-refractivity contribution < 1.29 is 13.2 Å². The third kappa shape index (κ3) is 2.72. The number of halogens is 3. The molecule has 0 fully saturated rings. The van der Waals surface area contributed by atoms with Crippen molar-refractivity contribution in [3.63, 3.8) is 0 Å². The van der Waals surface area contributed by atoms with Gasteiger partial charge in [0.1, 0.15) is 0 Å². The minimum Gasteiger partial charge on any atom is -0.320 e. The molecule has 1 unspecified atom stereocenters.